The van der Waals surface area contributed by atoms with Gasteiger partial charge in [-0.15, -0.1) is 0 Å². The number of benzene rings is 2. The minimum atomic E-state index is -1.000. The van der Waals surface area contributed by atoms with E-state index in [1.807, 2.05) is 49.4 Å². The van der Waals surface area contributed by atoms with Gasteiger partial charge in [-0.1, -0.05) is 55.5 Å². The van der Waals surface area contributed by atoms with Crippen molar-refractivity contribution in [1.29, 1.82) is 0 Å². The van der Waals surface area contributed by atoms with Crippen LogP contribution in [0, 0.1) is 0 Å². The number of para-hydroxylation sites is 1. The summed E-state index contributed by atoms with van der Waals surface area (Å²) in [5.41, 5.74) is 2.92. The fraction of sp³-hybridized carbons (Fsp3) is 0.360. The highest BCUT2D eigenvalue weighted by molar-refractivity contribution is 6.00. The molecule has 0 unspecified atom stereocenters. The molecule has 0 aliphatic rings. The molecule has 0 aliphatic carbocycles. The maximum atomic E-state index is 12.6. The van der Waals surface area contributed by atoms with Crippen LogP contribution in [0.1, 0.15) is 41.9 Å². The second kappa shape index (κ2) is 10.8. The maximum Gasteiger partial charge on any atom is 0.352 e. The van der Waals surface area contributed by atoms with Gasteiger partial charge in [0, 0.05) is 42.6 Å². The summed E-state index contributed by atoms with van der Waals surface area (Å²) in [7, 11) is 0. The molecule has 0 spiro atoms. The summed E-state index contributed by atoms with van der Waals surface area (Å²) in [6, 6.07) is 17.9. The molecule has 1 amide bonds. The Hall–Kier alpha value is -3.12. The van der Waals surface area contributed by atoms with Gasteiger partial charge in [-0.25, -0.2) is 4.79 Å². The smallest absolute Gasteiger partial charge is 0.352 e. The van der Waals surface area contributed by atoms with E-state index in [-0.39, 0.29) is 18.0 Å². The van der Waals surface area contributed by atoms with Gasteiger partial charge in [-0.05, 0) is 31.5 Å². The van der Waals surface area contributed by atoms with E-state index >= 15 is 0 Å². The number of nitrogens with one attached hydrogen (secondary N) is 1. The lowest BCUT2D eigenvalue weighted by atomic mass is 10.1. The zero-order chi connectivity index (χ0) is 22.2. The van der Waals surface area contributed by atoms with Crippen LogP contribution in [0.25, 0.3) is 10.9 Å². The number of carboxylic acids is 1. The van der Waals surface area contributed by atoms with Crippen LogP contribution in [0.4, 0.5) is 0 Å². The standard InChI is InChI=1S/C25H31N3O3/c1-3-27(18-19-11-6-5-7-12-19)16-10-15-26-23(29)17-21-20-13-8-9-14-22(20)28(4-2)24(21)25(30)31/h5-9,11-14H,3-4,10,15-18H2,1-2H3,(H,26,29)(H,30,31). The van der Waals surface area contributed by atoms with Crippen molar-refractivity contribution in [3.8, 4) is 0 Å². The molecule has 1 aromatic heterocycles. The highest BCUT2D eigenvalue weighted by Gasteiger charge is 2.23. The number of nitrogens with zero attached hydrogens (tertiary/aromatic N) is 2. The molecule has 0 fully saturated rings. The van der Waals surface area contributed by atoms with Crippen LogP contribution >= 0.6 is 0 Å². The molecule has 6 heteroatoms. The third-order valence-electron chi connectivity index (χ3n) is 5.60. The normalized spacial score (nSPS) is 11.2. The lowest BCUT2D eigenvalue weighted by Gasteiger charge is -2.20. The molecule has 2 aromatic carbocycles. The van der Waals surface area contributed by atoms with E-state index in [1.54, 1.807) is 4.57 Å². The van der Waals surface area contributed by atoms with Crippen molar-refractivity contribution in [2.75, 3.05) is 19.6 Å². The van der Waals surface area contributed by atoms with Crippen LogP contribution in [0.3, 0.4) is 0 Å². The van der Waals surface area contributed by atoms with Gasteiger partial charge in [0.05, 0.1) is 6.42 Å². The summed E-state index contributed by atoms with van der Waals surface area (Å²) in [6.45, 7) is 7.89. The Kier molecular flexibility index (Phi) is 7.84. The number of carbonyl (C=O) groups is 2. The molecule has 0 saturated carbocycles. The second-order valence-corrected chi connectivity index (χ2v) is 7.63. The number of carbonyl (C=O) groups excluding carboxylic acids is 1. The Morgan fingerprint density at radius 3 is 2.42 bits per heavy atom. The second-order valence-electron chi connectivity index (χ2n) is 7.63. The summed E-state index contributed by atoms with van der Waals surface area (Å²) in [4.78, 5) is 26.9. The van der Waals surface area contributed by atoms with Crippen molar-refractivity contribution in [2.45, 2.75) is 39.8 Å². The molecule has 0 radical (unpaired) electrons. The summed E-state index contributed by atoms with van der Waals surface area (Å²) >= 11 is 0. The molecule has 0 saturated heterocycles. The number of rotatable bonds is 11. The van der Waals surface area contributed by atoms with Gasteiger partial charge in [0.2, 0.25) is 5.91 Å². The van der Waals surface area contributed by atoms with E-state index in [0.717, 1.165) is 37.0 Å². The van der Waals surface area contributed by atoms with Crippen LogP contribution < -0.4 is 5.32 Å². The third kappa shape index (κ3) is 5.52. The van der Waals surface area contributed by atoms with Crippen molar-refractivity contribution < 1.29 is 14.7 Å². The first kappa shape index (κ1) is 22.6. The minimum absolute atomic E-state index is 0.0661. The summed E-state index contributed by atoms with van der Waals surface area (Å²) in [5, 5.41) is 13.6. The first-order chi connectivity index (χ1) is 15.0. The SMILES string of the molecule is CCN(CCCNC(=O)Cc1c(C(=O)O)n(CC)c2ccccc12)Cc1ccccc1. The van der Waals surface area contributed by atoms with Crippen LogP contribution in [-0.4, -0.2) is 46.1 Å². The lowest BCUT2D eigenvalue weighted by Crippen LogP contribution is -2.30. The Morgan fingerprint density at radius 2 is 1.74 bits per heavy atom. The molecule has 3 aromatic rings. The van der Waals surface area contributed by atoms with Gasteiger partial charge in [0.15, 0.2) is 0 Å². The fourth-order valence-electron chi connectivity index (χ4n) is 4.07. The van der Waals surface area contributed by atoms with Gasteiger partial charge in [0.1, 0.15) is 5.69 Å². The molecule has 164 valence electrons. The highest BCUT2D eigenvalue weighted by atomic mass is 16.4. The molecular formula is C25H31N3O3. The highest BCUT2D eigenvalue weighted by Crippen LogP contribution is 2.27. The number of aryl methyl sites for hydroxylation is 1. The maximum absolute atomic E-state index is 12.6. The van der Waals surface area contributed by atoms with Crippen molar-refractivity contribution in [2.24, 2.45) is 0 Å². The number of amides is 1. The Bertz CT molecular complexity index is 1030. The summed E-state index contributed by atoms with van der Waals surface area (Å²) in [5.74, 6) is -1.15. The number of hydrogen-bond acceptors (Lipinski definition) is 3. The van der Waals surface area contributed by atoms with E-state index < -0.39 is 5.97 Å². The Morgan fingerprint density at radius 1 is 1.03 bits per heavy atom. The van der Waals surface area contributed by atoms with Gasteiger partial charge < -0.3 is 15.0 Å². The monoisotopic (exact) mass is 421 g/mol. The number of hydrogen-bond donors (Lipinski definition) is 2. The number of carboxylic acid groups (broad SMARTS) is 1. The molecule has 0 atom stereocenters. The molecule has 6 nitrogen and oxygen atoms in total. The molecule has 1 heterocycles. The van der Waals surface area contributed by atoms with Crippen molar-refractivity contribution >= 4 is 22.8 Å². The molecule has 2 N–H and O–H groups in total. The predicted octanol–water partition coefficient (Wildman–Crippen LogP) is 3.93. The number of aromatic carboxylic acids is 1. The number of fused-ring (bicyclic) bond motifs is 1. The summed E-state index contributed by atoms with van der Waals surface area (Å²) < 4.78 is 1.77. The van der Waals surface area contributed by atoms with Gasteiger partial charge >= 0.3 is 5.97 Å². The predicted molar refractivity (Wildman–Crippen MR) is 123 cm³/mol. The van der Waals surface area contributed by atoms with E-state index in [4.69, 9.17) is 0 Å². The van der Waals surface area contributed by atoms with E-state index in [0.29, 0.717) is 18.7 Å². The van der Waals surface area contributed by atoms with Crippen molar-refractivity contribution in [3.63, 3.8) is 0 Å². The van der Waals surface area contributed by atoms with E-state index in [9.17, 15) is 14.7 Å². The van der Waals surface area contributed by atoms with Gasteiger partial charge in [-0.3, -0.25) is 9.69 Å². The van der Waals surface area contributed by atoms with Crippen LogP contribution in [0.15, 0.2) is 54.6 Å². The quantitative estimate of drug-likeness (QED) is 0.460. The molecule has 3 rings (SSSR count). The van der Waals surface area contributed by atoms with Crippen LogP contribution in [0.5, 0.6) is 0 Å². The van der Waals surface area contributed by atoms with Gasteiger partial charge in [-0.2, -0.15) is 0 Å². The topological polar surface area (TPSA) is 74.6 Å². The molecule has 0 aliphatic heterocycles. The van der Waals surface area contributed by atoms with Crippen LogP contribution in [0.2, 0.25) is 0 Å². The average Bonchev–Trinajstić information content (AvgIpc) is 3.10. The number of aromatic nitrogens is 1. The average molecular weight is 422 g/mol. The first-order valence-corrected chi connectivity index (χ1v) is 10.9. The zero-order valence-corrected chi connectivity index (χ0v) is 18.3. The first-order valence-electron chi connectivity index (χ1n) is 10.9. The lowest BCUT2D eigenvalue weighted by molar-refractivity contribution is -0.120. The van der Waals surface area contributed by atoms with E-state index in [1.165, 1.54) is 5.56 Å². The van der Waals surface area contributed by atoms with Gasteiger partial charge in [0.25, 0.3) is 0 Å². The third-order valence-corrected chi connectivity index (χ3v) is 5.60. The largest absolute Gasteiger partial charge is 0.477 e. The van der Waals surface area contributed by atoms with E-state index in [2.05, 4.69) is 29.3 Å². The van der Waals surface area contributed by atoms with Crippen molar-refractivity contribution in [1.82, 2.24) is 14.8 Å². The molecule has 0 bridgehead atoms. The molecule has 31 heavy (non-hydrogen) atoms. The zero-order valence-electron chi connectivity index (χ0n) is 18.3. The summed E-state index contributed by atoms with van der Waals surface area (Å²) in [6.07, 6.45) is 0.908. The Balaban J connectivity index is 1.58. The minimum Gasteiger partial charge on any atom is -0.477 e. The molecular weight excluding hydrogens is 390 g/mol. The fourth-order valence-corrected chi connectivity index (χ4v) is 4.07. The van der Waals surface area contributed by atoms with Crippen molar-refractivity contribution in [3.05, 3.63) is 71.4 Å². The van der Waals surface area contributed by atoms with Crippen LogP contribution in [-0.2, 0) is 24.3 Å². The Labute approximate surface area is 183 Å².